The minimum atomic E-state index is 0. The van der Waals surface area contributed by atoms with E-state index < -0.39 is 0 Å². The summed E-state index contributed by atoms with van der Waals surface area (Å²) >= 11 is 5.96. The van der Waals surface area contributed by atoms with Gasteiger partial charge in [0.05, 0.1) is 11.0 Å². The maximum Gasteiger partial charge on any atom is 0.107 e. The first kappa shape index (κ1) is 13.7. The summed E-state index contributed by atoms with van der Waals surface area (Å²) in [5.74, 6) is 1.85. The van der Waals surface area contributed by atoms with Crippen molar-refractivity contribution in [3.8, 4) is 0 Å². The van der Waals surface area contributed by atoms with Gasteiger partial charge in [0.2, 0.25) is 0 Å². The third-order valence-electron chi connectivity index (χ3n) is 3.43. The van der Waals surface area contributed by atoms with Gasteiger partial charge >= 0.3 is 0 Å². The summed E-state index contributed by atoms with van der Waals surface area (Å²) in [6.07, 6.45) is 3.55. The quantitative estimate of drug-likeness (QED) is 0.890. The predicted molar refractivity (Wildman–Crippen MR) is 77.6 cm³/mol. The topological polar surface area (TPSA) is 40.7 Å². The van der Waals surface area contributed by atoms with Crippen molar-refractivity contribution in [2.45, 2.75) is 19.3 Å². The van der Waals surface area contributed by atoms with Crippen molar-refractivity contribution in [3.63, 3.8) is 0 Å². The maximum atomic E-state index is 5.96. The average molecular weight is 286 g/mol. The Morgan fingerprint density at radius 1 is 1.28 bits per heavy atom. The molecule has 1 saturated heterocycles. The Kier molecular flexibility index (Phi) is 4.49. The first-order chi connectivity index (χ1) is 8.31. The Bertz CT molecular complexity index is 518. The van der Waals surface area contributed by atoms with Crippen LogP contribution in [0.15, 0.2) is 18.2 Å². The van der Waals surface area contributed by atoms with Gasteiger partial charge in [-0.2, -0.15) is 0 Å². The number of rotatable bonds is 2. The Labute approximate surface area is 118 Å². The van der Waals surface area contributed by atoms with Crippen LogP contribution in [0.5, 0.6) is 0 Å². The lowest BCUT2D eigenvalue weighted by Gasteiger charge is -2.21. The molecule has 3 rings (SSSR count). The lowest BCUT2D eigenvalue weighted by Crippen LogP contribution is -2.28. The molecule has 0 atom stereocenters. The third-order valence-corrected chi connectivity index (χ3v) is 3.67. The maximum absolute atomic E-state index is 5.96. The van der Waals surface area contributed by atoms with Gasteiger partial charge in [-0.05, 0) is 50.0 Å². The smallest absolute Gasteiger partial charge is 0.107 e. The number of H-pyrrole nitrogens is 1. The molecule has 0 saturated carbocycles. The fraction of sp³-hybridized carbons (Fsp3) is 0.462. The Morgan fingerprint density at radius 3 is 2.83 bits per heavy atom. The van der Waals surface area contributed by atoms with Crippen LogP contribution in [0.25, 0.3) is 11.0 Å². The second kappa shape index (κ2) is 5.91. The van der Waals surface area contributed by atoms with Gasteiger partial charge in [-0.3, -0.25) is 0 Å². The number of benzene rings is 1. The minimum absolute atomic E-state index is 0. The molecule has 1 fully saturated rings. The zero-order chi connectivity index (χ0) is 11.7. The van der Waals surface area contributed by atoms with Crippen LogP contribution in [-0.2, 0) is 6.42 Å². The van der Waals surface area contributed by atoms with Gasteiger partial charge in [0, 0.05) is 11.4 Å². The van der Waals surface area contributed by atoms with E-state index in [1.165, 1.54) is 12.8 Å². The monoisotopic (exact) mass is 285 g/mol. The highest BCUT2D eigenvalue weighted by atomic mass is 35.5. The number of piperidine rings is 1. The molecule has 2 aromatic rings. The van der Waals surface area contributed by atoms with Gasteiger partial charge in [-0.25, -0.2) is 4.98 Å². The zero-order valence-corrected chi connectivity index (χ0v) is 11.7. The predicted octanol–water partition coefficient (Wildman–Crippen LogP) is 3.18. The summed E-state index contributed by atoms with van der Waals surface area (Å²) in [5.41, 5.74) is 2.06. The molecule has 5 heteroatoms. The fourth-order valence-electron chi connectivity index (χ4n) is 2.49. The van der Waals surface area contributed by atoms with Crippen molar-refractivity contribution < 1.29 is 0 Å². The van der Waals surface area contributed by atoms with E-state index in [4.69, 9.17) is 11.6 Å². The summed E-state index contributed by atoms with van der Waals surface area (Å²) in [7, 11) is 0. The summed E-state index contributed by atoms with van der Waals surface area (Å²) in [6.45, 7) is 2.27. The molecule has 1 aromatic heterocycles. The molecule has 0 aliphatic carbocycles. The SMILES string of the molecule is Cl.Clc1ccc2nc(CC3CCNCC3)[nH]c2c1. The third kappa shape index (κ3) is 2.97. The number of aromatic amines is 1. The molecule has 1 aliphatic heterocycles. The fourth-order valence-corrected chi connectivity index (χ4v) is 2.66. The molecule has 0 bridgehead atoms. The first-order valence-electron chi connectivity index (χ1n) is 6.16. The Hall–Kier alpha value is -0.770. The van der Waals surface area contributed by atoms with Crippen molar-refractivity contribution in [3.05, 3.63) is 29.0 Å². The molecular weight excluding hydrogens is 269 g/mol. The minimum Gasteiger partial charge on any atom is -0.342 e. The van der Waals surface area contributed by atoms with Gasteiger partial charge in [-0.15, -0.1) is 12.4 Å². The van der Waals surface area contributed by atoms with E-state index in [2.05, 4.69) is 15.3 Å². The molecule has 98 valence electrons. The van der Waals surface area contributed by atoms with E-state index in [1.54, 1.807) is 0 Å². The summed E-state index contributed by atoms with van der Waals surface area (Å²) < 4.78 is 0. The molecule has 0 spiro atoms. The zero-order valence-electron chi connectivity index (χ0n) is 10.1. The van der Waals surface area contributed by atoms with Crippen LogP contribution >= 0.6 is 24.0 Å². The van der Waals surface area contributed by atoms with Gasteiger partial charge < -0.3 is 10.3 Å². The van der Waals surface area contributed by atoms with Crippen molar-refractivity contribution >= 4 is 35.0 Å². The number of halogens is 2. The van der Waals surface area contributed by atoms with Crippen LogP contribution in [0.4, 0.5) is 0 Å². The molecule has 1 aliphatic rings. The Balaban J connectivity index is 0.00000120. The number of nitrogens with one attached hydrogen (secondary N) is 2. The number of hydrogen-bond donors (Lipinski definition) is 2. The van der Waals surface area contributed by atoms with Gasteiger partial charge in [0.15, 0.2) is 0 Å². The normalized spacial score (nSPS) is 16.7. The standard InChI is InChI=1S/C13H16ClN3.ClH/c14-10-1-2-11-12(8-10)17-13(16-11)7-9-3-5-15-6-4-9;/h1-2,8-9,15H,3-7H2,(H,16,17);1H. The second-order valence-electron chi connectivity index (χ2n) is 4.74. The molecule has 1 aromatic carbocycles. The molecule has 0 unspecified atom stereocenters. The van der Waals surface area contributed by atoms with Crippen LogP contribution in [-0.4, -0.2) is 23.1 Å². The van der Waals surface area contributed by atoms with E-state index in [9.17, 15) is 0 Å². The lowest BCUT2D eigenvalue weighted by molar-refractivity contribution is 0.368. The van der Waals surface area contributed by atoms with Gasteiger partial charge in [0.1, 0.15) is 5.82 Å². The number of hydrogen-bond acceptors (Lipinski definition) is 2. The molecule has 0 amide bonds. The molecule has 0 radical (unpaired) electrons. The van der Waals surface area contributed by atoms with E-state index in [0.29, 0.717) is 0 Å². The molecular formula is C13H17Cl2N3. The Morgan fingerprint density at radius 2 is 2.06 bits per heavy atom. The van der Waals surface area contributed by atoms with Gasteiger partial charge in [0.25, 0.3) is 0 Å². The molecule has 18 heavy (non-hydrogen) atoms. The first-order valence-corrected chi connectivity index (χ1v) is 6.54. The molecule has 2 heterocycles. The lowest BCUT2D eigenvalue weighted by atomic mass is 9.94. The molecule has 3 nitrogen and oxygen atoms in total. The van der Waals surface area contributed by atoms with Crippen LogP contribution in [0.3, 0.4) is 0 Å². The van der Waals surface area contributed by atoms with Crippen molar-refractivity contribution in [2.24, 2.45) is 5.92 Å². The summed E-state index contributed by atoms with van der Waals surface area (Å²) in [5, 5.41) is 4.15. The van der Waals surface area contributed by atoms with Crippen molar-refractivity contribution in [1.29, 1.82) is 0 Å². The van der Waals surface area contributed by atoms with Crippen LogP contribution in [0.2, 0.25) is 5.02 Å². The number of aromatic nitrogens is 2. The summed E-state index contributed by atoms with van der Waals surface area (Å²) in [4.78, 5) is 7.98. The van der Waals surface area contributed by atoms with Crippen LogP contribution < -0.4 is 5.32 Å². The van der Waals surface area contributed by atoms with Crippen molar-refractivity contribution in [1.82, 2.24) is 15.3 Å². The highest BCUT2D eigenvalue weighted by molar-refractivity contribution is 6.31. The number of fused-ring (bicyclic) bond motifs is 1. The highest BCUT2D eigenvalue weighted by Crippen LogP contribution is 2.21. The second-order valence-corrected chi connectivity index (χ2v) is 5.18. The van der Waals surface area contributed by atoms with E-state index >= 15 is 0 Å². The van der Waals surface area contributed by atoms with E-state index in [1.807, 2.05) is 18.2 Å². The number of imidazole rings is 1. The van der Waals surface area contributed by atoms with E-state index in [-0.39, 0.29) is 12.4 Å². The van der Waals surface area contributed by atoms with Gasteiger partial charge in [-0.1, -0.05) is 11.6 Å². The van der Waals surface area contributed by atoms with Crippen LogP contribution in [0.1, 0.15) is 18.7 Å². The average Bonchev–Trinajstić information content (AvgIpc) is 2.71. The summed E-state index contributed by atoms with van der Waals surface area (Å²) in [6, 6.07) is 5.80. The number of nitrogens with zero attached hydrogens (tertiary/aromatic N) is 1. The molecule has 2 N–H and O–H groups in total. The largest absolute Gasteiger partial charge is 0.342 e. The van der Waals surface area contributed by atoms with E-state index in [0.717, 1.165) is 47.3 Å². The van der Waals surface area contributed by atoms with Crippen molar-refractivity contribution in [2.75, 3.05) is 13.1 Å². The highest BCUT2D eigenvalue weighted by Gasteiger charge is 2.15. The van der Waals surface area contributed by atoms with Crippen LogP contribution in [0, 0.1) is 5.92 Å².